The molecule has 1 N–H and O–H groups in total. The van der Waals surface area contributed by atoms with Crippen LogP contribution in [0.25, 0.3) is 0 Å². The Morgan fingerprint density at radius 1 is 1.11 bits per heavy atom. The Bertz CT molecular complexity index is 226. The molecule has 0 amide bonds. The molecule has 0 rings (SSSR count). The van der Waals surface area contributed by atoms with Gasteiger partial charge in [0.2, 0.25) is 0 Å². The number of hydrogen-bond acceptors (Lipinski definition) is 3. The van der Waals surface area contributed by atoms with Gasteiger partial charge in [-0.3, -0.25) is 0 Å². The van der Waals surface area contributed by atoms with Crippen LogP contribution in [0.3, 0.4) is 0 Å². The van der Waals surface area contributed by atoms with Gasteiger partial charge < -0.3 is 9.84 Å². The van der Waals surface area contributed by atoms with Crippen molar-refractivity contribution >= 4 is 5.97 Å². The van der Waals surface area contributed by atoms with Gasteiger partial charge in [0, 0.05) is 6.08 Å². The highest BCUT2D eigenvalue weighted by Gasteiger charge is 2.02. The van der Waals surface area contributed by atoms with Crippen LogP contribution in [0.4, 0.5) is 0 Å². The maximum absolute atomic E-state index is 10.8. The van der Waals surface area contributed by atoms with Gasteiger partial charge in [0.25, 0.3) is 0 Å². The molecule has 0 aromatic rings. The molecule has 1 atom stereocenters. The van der Waals surface area contributed by atoms with Crippen molar-refractivity contribution in [1.82, 2.24) is 0 Å². The Morgan fingerprint density at radius 3 is 2.32 bits per heavy atom. The van der Waals surface area contributed by atoms with E-state index in [1.807, 2.05) is 0 Å². The molecule has 0 aliphatic carbocycles. The first-order chi connectivity index (χ1) is 9.20. The monoisotopic (exact) mass is 270 g/mol. The molecular weight excluding hydrogens is 240 g/mol. The van der Waals surface area contributed by atoms with E-state index in [4.69, 9.17) is 4.74 Å². The topological polar surface area (TPSA) is 46.5 Å². The van der Waals surface area contributed by atoms with E-state index >= 15 is 0 Å². The number of aliphatic hydroxyl groups excluding tert-OH is 1. The Morgan fingerprint density at radius 2 is 1.68 bits per heavy atom. The van der Waals surface area contributed by atoms with Crippen LogP contribution in [0.15, 0.2) is 12.7 Å². The van der Waals surface area contributed by atoms with Crippen LogP contribution >= 0.6 is 0 Å². The number of carbonyl (C=O) groups is 1. The van der Waals surface area contributed by atoms with Crippen LogP contribution in [-0.2, 0) is 9.53 Å². The van der Waals surface area contributed by atoms with Crippen LogP contribution in [0.5, 0.6) is 0 Å². The van der Waals surface area contributed by atoms with Crippen molar-refractivity contribution in [2.45, 2.75) is 77.2 Å². The predicted molar refractivity (Wildman–Crippen MR) is 79.0 cm³/mol. The second-order valence-electron chi connectivity index (χ2n) is 5.08. The third-order valence-corrected chi connectivity index (χ3v) is 3.23. The standard InChI is InChI=1S/C16H30O3/c1-3-5-12-15(17)13-10-8-6-7-9-11-14-19-16(18)4-2/h4,15,17H,2-3,5-14H2,1H3. The van der Waals surface area contributed by atoms with Crippen LogP contribution in [0.1, 0.15) is 71.1 Å². The highest BCUT2D eigenvalue weighted by Crippen LogP contribution is 2.12. The summed E-state index contributed by atoms with van der Waals surface area (Å²) >= 11 is 0. The summed E-state index contributed by atoms with van der Waals surface area (Å²) < 4.78 is 4.90. The molecule has 0 heterocycles. The summed E-state index contributed by atoms with van der Waals surface area (Å²) in [6.45, 7) is 6.00. The number of rotatable bonds is 13. The Balaban J connectivity index is 3.14. The third-order valence-electron chi connectivity index (χ3n) is 3.23. The normalized spacial score (nSPS) is 12.1. The third kappa shape index (κ3) is 13.4. The molecule has 0 spiro atoms. The van der Waals surface area contributed by atoms with Crippen molar-refractivity contribution in [3.05, 3.63) is 12.7 Å². The van der Waals surface area contributed by atoms with E-state index in [0.717, 1.165) is 44.9 Å². The second kappa shape index (κ2) is 13.6. The van der Waals surface area contributed by atoms with E-state index < -0.39 is 0 Å². The number of esters is 1. The molecule has 0 fully saturated rings. The number of carbonyl (C=O) groups excluding carboxylic acids is 1. The van der Waals surface area contributed by atoms with E-state index in [1.165, 1.54) is 25.3 Å². The summed E-state index contributed by atoms with van der Waals surface area (Å²) in [6.07, 6.45) is 12.0. The van der Waals surface area contributed by atoms with Gasteiger partial charge in [-0.25, -0.2) is 4.79 Å². The first kappa shape index (κ1) is 18.2. The first-order valence-corrected chi connectivity index (χ1v) is 7.68. The number of hydrogen-bond donors (Lipinski definition) is 1. The predicted octanol–water partition coefficient (Wildman–Crippen LogP) is 4.00. The van der Waals surface area contributed by atoms with Crippen molar-refractivity contribution < 1.29 is 14.6 Å². The largest absolute Gasteiger partial charge is 0.463 e. The van der Waals surface area contributed by atoms with Gasteiger partial charge in [-0.1, -0.05) is 58.4 Å². The molecule has 3 nitrogen and oxygen atoms in total. The molecule has 0 saturated heterocycles. The van der Waals surface area contributed by atoms with Gasteiger partial charge in [-0.05, 0) is 19.3 Å². The minimum Gasteiger partial charge on any atom is -0.463 e. The van der Waals surface area contributed by atoms with Crippen LogP contribution in [0.2, 0.25) is 0 Å². The van der Waals surface area contributed by atoms with Crippen molar-refractivity contribution in [3.8, 4) is 0 Å². The van der Waals surface area contributed by atoms with Crippen molar-refractivity contribution in [2.75, 3.05) is 6.61 Å². The van der Waals surface area contributed by atoms with E-state index in [1.54, 1.807) is 0 Å². The molecule has 19 heavy (non-hydrogen) atoms. The smallest absolute Gasteiger partial charge is 0.330 e. The molecule has 0 saturated carbocycles. The van der Waals surface area contributed by atoms with E-state index in [0.29, 0.717) is 6.61 Å². The van der Waals surface area contributed by atoms with Gasteiger partial charge in [0.1, 0.15) is 0 Å². The van der Waals surface area contributed by atoms with Gasteiger partial charge in [-0.15, -0.1) is 0 Å². The fourth-order valence-electron chi connectivity index (χ4n) is 2.00. The zero-order valence-electron chi connectivity index (χ0n) is 12.4. The highest BCUT2D eigenvalue weighted by molar-refractivity contribution is 5.81. The summed E-state index contributed by atoms with van der Waals surface area (Å²) in [5, 5.41) is 9.67. The Hall–Kier alpha value is -0.830. The van der Waals surface area contributed by atoms with Crippen LogP contribution in [-0.4, -0.2) is 23.8 Å². The van der Waals surface area contributed by atoms with Gasteiger partial charge in [0.15, 0.2) is 0 Å². The summed E-state index contributed by atoms with van der Waals surface area (Å²) in [5.74, 6) is -0.332. The molecule has 0 bridgehead atoms. The maximum atomic E-state index is 10.8. The fraction of sp³-hybridized carbons (Fsp3) is 0.812. The quantitative estimate of drug-likeness (QED) is 0.312. The Kier molecular flexibility index (Phi) is 13.0. The number of ether oxygens (including phenoxy) is 1. The lowest BCUT2D eigenvalue weighted by atomic mass is 10.0. The van der Waals surface area contributed by atoms with Gasteiger partial charge in [0.05, 0.1) is 12.7 Å². The van der Waals surface area contributed by atoms with E-state index in [2.05, 4.69) is 13.5 Å². The molecule has 112 valence electrons. The SMILES string of the molecule is C=CC(=O)OCCCCCCCCC(O)CCCC. The molecule has 1 unspecified atom stereocenters. The minimum absolute atomic E-state index is 0.0988. The van der Waals surface area contributed by atoms with Crippen molar-refractivity contribution in [3.63, 3.8) is 0 Å². The van der Waals surface area contributed by atoms with E-state index in [-0.39, 0.29) is 12.1 Å². The summed E-state index contributed by atoms with van der Waals surface area (Å²) in [6, 6.07) is 0. The van der Waals surface area contributed by atoms with Gasteiger partial charge >= 0.3 is 5.97 Å². The lowest BCUT2D eigenvalue weighted by Crippen LogP contribution is -2.05. The average molecular weight is 270 g/mol. The van der Waals surface area contributed by atoms with Gasteiger partial charge in [-0.2, -0.15) is 0 Å². The van der Waals surface area contributed by atoms with Crippen molar-refractivity contribution in [2.24, 2.45) is 0 Å². The van der Waals surface area contributed by atoms with E-state index in [9.17, 15) is 9.90 Å². The second-order valence-corrected chi connectivity index (χ2v) is 5.08. The maximum Gasteiger partial charge on any atom is 0.330 e. The number of unbranched alkanes of at least 4 members (excludes halogenated alkanes) is 6. The fourth-order valence-corrected chi connectivity index (χ4v) is 2.00. The van der Waals surface area contributed by atoms with Crippen molar-refractivity contribution in [1.29, 1.82) is 0 Å². The zero-order chi connectivity index (χ0) is 14.3. The zero-order valence-corrected chi connectivity index (χ0v) is 12.4. The molecule has 0 aromatic carbocycles. The lowest BCUT2D eigenvalue weighted by Gasteiger charge is -2.09. The molecule has 0 aliphatic heterocycles. The minimum atomic E-state index is -0.332. The number of aliphatic hydroxyl groups is 1. The molecule has 0 radical (unpaired) electrons. The highest BCUT2D eigenvalue weighted by atomic mass is 16.5. The summed E-state index contributed by atoms with van der Waals surface area (Å²) in [7, 11) is 0. The average Bonchev–Trinajstić information content (AvgIpc) is 2.42. The molecule has 0 aromatic heterocycles. The first-order valence-electron chi connectivity index (χ1n) is 7.68. The Labute approximate surface area is 118 Å². The lowest BCUT2D eigenvalue weighted by molar-refractivity contribution is -0.137. The van der Waals surface area contributed by atoms with Crippen LogP contribution < -0.4 is 0 Å². The molecule has 0 aliphatic rings. The molecule has 3 heteroatoms. The summed E-state index contributed by atoms with van der Waals surface area (Å²) in [4.78, 5) is 10.8. The van der Waals surface area contributed by atoms with Crippen LogP contribution in [0, 0.1) is 0 Å². The summed E-state index contributed by atoms with van der Waals surface area (Å²) in [5.41, 5.74) is 0. The molecular formula is C16H30O3.